The van der Waals surface area contributed by atoms with Gasteiger partial charge in [0.05, 0.1) is 12.8 Å². The molecule has 0 aliphatic rings. The molecule has 0 spiro atoms. The third kappa shape index (κ3) is 3.00. The van der Waals surface area contributed by atoms with Gasteiger partial charge in [0.1, 0.15) is 0 Å². The first-order valence-corrected chi connectivity index (χ1v) is 4.11. The number of ether oxygens (including phenoxy) is 1. The van der Waals surface area contributed by atoms with E-state index in [-0.39, 0.29) is 5.66 Å². The zero-order valence-electron chi connectivity index (χ0n) is 9.06. The second kappa shape index (κ2) is 4.78. The highest BCUT2D eigenvalue weighted by Gasteiger charge is 2.23. The van der Waals surface area contributed by atoms with Crippen LogP contribution in [0.3, 0.4) is 0 Å². The van der Waals surface area contributed by atoms with Crippen molar-refractivity contribution >= 4 is 0 Å². The normalized spacial score (nSPS) is 9.92. The van der Waals surface area contributed by atoms with E-state index < -0.39 is 0 Å². The molecule has 0 heterocycles. The van der Waals surface area contributed by atoms with E-state index in [1.54, 1.807) is 7.11 Å². The number of methoxy groups -OCH3 is 1. The average molecular weight is 182 g/mol. The molecule has 1 N–H and O–H groups in total. The molecule has 0 saturated carbocycles. The highest BCUT2D eigenvalue weighted by Crippen LogP contribution is 2.13. The number of nitrogens with zero attached hydrogens (tertiary/aromatic N) is 1. The van der Waals surface area contributed by atoms with Crippen molar-refractivity contribution in [2.45, 2.75) is 19.5 Å². The maximum absolute atomic E-state index is 5.13. The van der Waals surface area contributed by atoms with Crippen molar-refractivity contribution in [3.05, 3.63) is 23.9 Å². The summed E-state index contributed by atoms with van der Waals surface area (Å²) in [4.78, 5) is 1.92. The van der Waals surface area contributed by atoms with E-state index in [0.29, 0.717) is 5.88 Å². The molecule has 13 heavy (non-hydrogen) atoms. The van der Waals surface area contributed by atoms with Crippen molar-refractivity contribution in [1.29, 1.82) is 0 Å². The molecule has 3 heteroatoms. The van der Waals surface area contributed by atoms with Crippen LogP contribution in [0.2, 0.25) is 0 Å². The summed E-state index contributed by atoms with van der Waals surface area (Å²) < 4.78 is 5.13. The summed E-state index contributed by atoms with van der Waals surface area (Å²) >= 11 is 0. The van der Waals surface area contributed by atoms with Crippen molar-refractivity contribution < 1.29 is 4.74 Å². The van der Waals surface area contributed by atoms with Crippen LogP contribution in [0.5, 0.6) is 0 Å². The van der Waals surface area contributed by atoms with Crippen molar-refractivity contribution in [2.24, 2.45) is 0 Å². The highest BCUT2D eigenvalue weighted by atomic mass is 16.5. The molecule has 0 radical (unpaired) electrons. The minimum atomic E-state index is -0.185. The lowest BCUT2D eigenvalue weighted by Gasteiger charge is -2.36. The minimum absolute atomic E-state index is 0.185. The average Bonchev–Trinajstić information content (AvgIpc) is 2.13. The largest absolute Gasteiger partial charge is 0.476 e. The van der Waals surface area contributed by atoms with Crippen LogP contribution < -0.4 is 5.32 Å². The third-order valence-corrected chi connectivity index (χ3v) is 2.14. The molecule has 3 nitrogen and oxygen atoms in total. The summed E-state index contributed by atoms with van der Waals surface area (Å²) in [5.74, 6) is 0.606. The summed E-state index contributed by atoms with van der Waals surface area (Å²) in [5, 5.41) is 3.15. The predicted molar refractivity (Wildman–Crippen MR) is 54.1 cm³/mol. The van der Waals surface area contributed by atoms with Gasteiger partial charge in [0.2, 0.25) is 5.88 Å². The van der Waals surface area contributed by atoms with Crippen LogP contribution in [-0.4, -0.2) is 31.8 Å². The van der Waals surface area contributed by atoms with Gasteiger partial charge >= 0.3 is 0 Å². The molecule has 0 amide bonds. The topological polar surface area (TPSA) is 24.5 Å². The number of hydrogen-bond donors (Lipinski definition) is 1. The van der Waals surface area contributed by atoms with Gasteiger partial charge < -0.3 is 9.64 Å². The zero-order valence-corrected chi connectivity index (χ0v) is 9.06. The number of nitrogens with one attached hydrogen (secondary N) is 1. The van der Waals surface area contributed by atoms with Gasteiger partial charge in [-0.1, -0.05) is 5.73 Å². The SMILES string of the molecule is C=C=C=C(OC)N(C)C(C)(C)NC. The Morgan fingerprint density at radius 2 is 2.08 bits per heavy atom. The zero-order chi connectivity index (χ0) is 10.5. The Kier molecular flexibility index (Phi) is 4.36. The second-order valence-electron chi connectivity index (χ2n) is 3.18. The van der Waals surface area contributed by atoms with Crippen molar-refractivity contribution in [1.82, 2.24) is 10.2 Å². The van der Waals surface area contributed by atoms with Crippen LogP contribution in [0.1, 0.15) is 13.8 Å². The van der Waals surface area contributed by atoms with E-state index in [0.717, 1.165) is 0 Å². The number of hydrogen-bond acceptors (Lipinski definition) is 3. The van der Waals surface area contributed by atoms with E-state index in [1.807, 2.05) is 32.8 Å². The van der Waals surface area contributed by atoms with Crippen molar-refractivity contribution in [3.63, 3.8) is 0 Å². The van der Waals surface area contributed by atoms with Crippen LogP contribution in [-0.2, 0) is 4.74 Å². The van der Waals surface area contributed by atoms with Crippen LogP contribution in [0.15, 0.2) is 23.9 Å². The predicted octanol–water partition coefficient (Wildman–Crippen LogP) is 1.30. The fourth-order valence-electron chi connectivity index (χ4n) is 0.769. The summed E-state index contributed by atoms with van der Waals surface area (Å²) in [5.41, 5.74) is 5.17. The van der Waals surface area contributed by atoms with Gasteiger partial charge in [-0.3, -0.25) is 5.32 Å². The van der Waals surface area contributed by atoms with Gasteiger partial charge in [0.25, 0.3) is 0 Å². The van der Waals surface area contributed by atoms with Gasteiger partial charge in [-0.15, -0.1) is 0 Å². The molecule has 0 aromatic carbocycles. The fraction of sp³-hybridized carbons (Fsp3) is 0.600. The van der Waals surface area contributed by atoms with Gasteiger partial charge in [0, 0.05) is 7.05 Å². The maximum atomic E-state index is 5.13. The van der Waals surface area contributed by atoms with Crippen LogP contribution in [0.4, 0.5) is 0 Å². The molecular formula is C10H18N2O. The van der Waals surface area contributed by atoms with Crippen molar-refractivity contribution in [2.75, 3.05) is 21.2 Å². The molecule has 0 aliphatic carbocycles. The molecule has 0 saturated heterocycles. The molecule has 0 atom stereocenters. The molecule has 0 fully saturated rings. The Bertz CT molecular complexity index is 246. The van der Waals surface area contributed by atoms with E-state index >= 15 is 0 Å². The monoisotopic (exact) mass is 182 g/mol. The molecule has 0 rings (SSSR count). The van der Waals surface area contributed by atoms with E-state index in [2.05, 4.69) is 23.4 Å². The second-order valence-corrected chi connectivity index (χ2v) is 3.18. The Labute approximate surface area is 80.4 Å². The fourth-order valence-corrected chi connectivity index (χ4v) is 0.769. The van der Waals surface area contributed by atoms with Gasteiger partial charge in [-0.05, 0) is 33.2 Å². The molecular weight excluding hydrogens is 164 g/mol. The van der Waals surface area contributed by atoms with Crippen LogP contribution >= 0.6 is 0 Å². The summed E-state index contributed by atoms with van der Waals surface area (Å²) in [6.07, 6.45) is 0. The highest BCUT2D eigenvalue weighted by molar-refractivity contribution is 4.95. The lowest BCUT2D eigenvalue weighted by Crippen LogP contribution is -2.50. The summed E-state index contributed by atoms with van der Waals surface area (Å²) in [7, 11) is 5.41. The molecule has 0 aromatic rings. The smallest absolute Gasteiger partial charge is 0.245 e. The molecule has 0 unspecified atom stereocenters. The Morgan fingerprint density at radius 3 is 2.38 bits per heavy atom. The minimum Gasteiger partial charge on any atom is -0.476 e. The summed E-state index contributed by atoms with van der Waals surface area (Å²) in [6.45, 7) is 7.53. The Hall–Kier alpha value is -1.14. The third-order valence-electron chi connectivity index (χ3n) is 2.14. The molecule has 74 valence electrons. The molecule has 0 aromatic heterocycles. The first kappa shape index (κ1) is 11.9. The van der Waals surface area contributed by atoms with Gasteiger partial charge in [0.15, 0.2) is 0 Å². The van der Waals surface area contributed by atoms with Crippen molar-refractivity contribution in [3.8, 4) is 0 Å². The number of rotatable bonds is 4. The van der Waals surface area contributed by atoms with E-state index in [1.165, 1.54) is 0 Å². The van der Waals surface area contributed by atoms with Gasteiger partial charge in [-0.25, -0.2) is 0 Å². The summed E-state index contributed by atoms with van der Waals surface area (Å²) in [6, 6.07) is 0. The lowest BCUT2D eigenvalue weighted by molar-refractivity contribution is 0.0788. The lowest BCUT2D eigenvalue weighted by atomic mass is 10.2. The van der Waals surface area contributed by atoms with E-state index in [9.17, 15) is 0 Å². The quantitative estimate of drug-likeness (QED) is 0.403. The Morgan fingerprint density at radius 1 is 1.54 bits per heavy atom. The van der Waals surface area contributed by atoms with Crippen LogP contribution in [0.25, 0.3) is 0 Å². The van der Waals surface area contributed by atoms with E-state index in [4.69, 9.17) is 4.74 Å². The standard InChI is InChI=1S/C10H18N2O/c1-7-8-9(13-6)12(5)10(2,3)11-4/h11H,1H2,2-6H3. The van der Waals surface area contributed by atoms with Crippen LogP contribution in [0, 0.1) is 0 Å². The maximum Gasteiger partial charge on any atom is 0.245 e. The first-order chi connectivity index (χ1) is 5.99. The molecule has 0 bridgehead atoms. The van der Waals surface area contributed by atoms with Gasteiger partial charge in [-0.2, -0.15) is 0 Å². The Balaban J connectivity index is 4.86. The molecule has 0 aliphatic heterocycles. The first-order valence-electron chi connectivity index (χ1n) is 4.11.